The van der Waals surface area contributed by atoms with Crippen LogP contribution in [0.25, 0.3) is 0 Å². The van der Waals surface area contributed by atoms with E-state index in [9.17, 15) is 4.79 Å². The number of thiophene rings is 1. The number of hydrogen-bond donors (Lipinski definition) is 1. The van der Waals surface area contributed by atoms with Crippen molar-refractivity contribution in [2.24, 2.45) is 5.92 Å². The molecule has 0 aromatic carbocycles. The van der Waals surface area contributed by atoms with Crippen molar-refractivity contribution in [1.29, 1.82) is 0 Å². The Balaban J connectivity index is 1.64. The van der Waals surface area contributed by atoms with Crippen molar-refractivity contribution < 1.29 is 9.53 Å². The van der Waals surface area contributed by atoms with Crippen LogP contribution in [0.15, 0.2) is 12.1 Å². The SMILES string of the molecule is COc1ccc(C(=O)NC2CN3CCC2CC3)s1. The second kappa shape index (κ2) is 4.90. The summed E-state index contributed by atoms with van der Waals surface area (Å²) in [6.07, 6.45) is 2.44. The van der Waals surface area contributed by atoms with Crippen LogP contribution in [-0.4, -0.2) is 43.6 Å². The van der Waals surface area contributed by atoms with Gasteiger partial charge in [0.05, 0.1) is 12.0 Å². The van der Waals surface area contributed by atoms with E-state index in [2.05, 4.69) is 10.2 Å². The molecule has 18 heavy (non-hydrogen) atoms. The maximum Gasteiger partial charge on any atom is 0.261 e. The summed E-state index contributed by atoms with van der Waals surface area (Å²) in [6.45, 7) is 3.41. The number of methoxy groups -OCH3 is 1. The van der Waals surface area contributed by atoms with Crippen molar-refractivity contribution in [3.05, 3.63) is 17.0 Å². The van der Waals surface area contributed by atoms with Gasteiger partial charge in [-0.2, -0.15) is 0 Å². The van der Waals surface area contributed by atoms with E-state index in [0.29, 0.717) is 12.0 Å². The lowest BCUT2D eigenvalue weighted by Crippen LogP contribution is -2.57. The van der Waals surface area contributed by atoms with Gasteiger partial charge in [-0.25, -0.2) is 0 Å². The number of hydrogen-bond acceptors (Lipinski definition) is 4. The highest BCUT2D eigenvalue weighted by Gasteiger charge is 2.35. The quantitative estimate of drug-likeness (QED) is 0.903. The number of ether oxygens (including phenoxy) is 1. The van der Waals surface area contributed by atoms with Crippen molar-refractivity contribution >= 4 is 17.2 Å². The molecule has 0 radical (unpaired) electrons. The zero-order chi connectivity index (χ0) is 12.5. The third-order valence-electron chi connectivity index (χ3n) is 3.98. The second-order valence-corrected chi connectivity index (χ2v) is 6.09. The average molecular weight is 266 g/mol. The maximum absolute atomic E-state index is 12.1. The molecule has 3 saturated heterocycles. The highest BCUT2D eigenvalue weighted by atomic mass is 32.1. The van der Waals surface area contributed by atoms with Gasteiger partial charge in [-0.1, -0.05) is 11.3 Å². The molecule has 1 N–H and O–H groups in total. The molecule has 1 atom stereocenters. The van der Waals surface area contributed by atoms with Crippen LogP contribution in [0.4, 0.5) is 0 Å². The predicted octanol–water partition coefficient (Wildman–Crippen LogP) is 1.58. The Hall–Kier alpha value is -1.07. The highest BCUT2D eigenvalue weighted by molar-refractivity contribution is 7.15. The van der Waals surface area contributed by atoms with Gasteiger partial charge in [0.25, 0.3) is 5.91 Å². The summed E-state index contributed by atoms with van der Waals surface area (Å²) >= 11 is 1.40. The lowest BCUT2D eigenvalue weighted by molar-refractivity contribution is 0.0622. The molecule has 2 bridgehead atoms. The molecule has 4 heterocycles. The Kier molecular flexibility index (Phi) is 3.26. The number of carbonyl (C=O) groups is 1. The molecule has 1 aromatic heterocycles. The van der Waals surface area contributed by atoms with Gasteiger partial charge in [0.15, 0.2) is 5.06 Å². The summed E-state index contributed by atoms with van der Waals surface area (Å²) < 4.78 is 5.11. The minimum Gasteiger partial charge on any atom is -0.487 e. The smallest absolute Gasteiger partial charge is 0.261 e. The molecule has 4 nitrogen and oxygen atoms in total. The predicted molar refractivity (Wildman–Crippen MR) is 71.3 cm³/mol. The zero-order valence-electron chi connectivity index (χ0n) is 10.5. The number of nitrogens with zero attached hydrogens (tertiary/aromatic N) is 1. The van der Waals surface area contributed by atoms with E-state index in [1.165, 1.54) is 37.3 Å². The summed E-state index contributed by atoms with van der Waals surface area (Å²) in [7, 11) is 1.63. The number of amides is 1. The van der Waals surface area contributed by atoms with Gasteiger partial charge >= 0.3 is 0 Å². The van der Waals surface area contributed by atoms with Crippen LogP contribution in [-0.2, 0) is 0 Å². The van der Waals surface area contributed by atoms with Crippen LogP contribution >= 0.6 is 11.3 Å². The van der Waals surface area contributed by atoms with E-state index in [1.54, 1.807) is 7.11 Å². The number of piperidine rings is 3. The maximum atomic E-state index is 12.1. The third-order valence-corrected chi connectivity index (χ3v) is 5.02. The van der Waals surface area contributed by atoms with Gasteiger partial charge in [0, 0.05) is 12.6 Å². The Morgan fingerprint density at radius 1 is 1.44 bits per heavy atom. The Labute approximate surface area is 111 Å². The van der Waals surface area contributed by atoms with Crippen LogP contribution in [0.5, 0.6) is 5.06 Å². The number of carbonyl (C=O) groups excluding carboxylic acids is 1. The first kappa shape index (κ1) is 12.0. The molecule has 98 valence electrons. The van der Waals surface area contributed by atoms with Gasteiger partial charge < -0.3 is 15.0 Å². The monoisotopic (exact) mass is 266 g/mol. The third kappa shape index (κ3) is 2.24. The first-order chi connectivity index (χ1) is 8.76. The largest absolute Gasteiger partial charge is 0.487 e. The van der Waals surface area contributed by atoms with Crippen LogP contribution < -0.4 is 10.1 Å². The number of fused-ring (bicyclic) bond motifs is 3. The van der Waals surface area contributed by atoms with E-state index in [0.717, 1.165) is 16.5 Å². The van der Waals surface area contributed by atoms with E-state index in [4.69, 9.17) is 4.74 Å². The van der Waals surface area contributed by atoms with Crippen molar-refractivity contribution in [1.82, 2.24) is 10.2 Å². The second-order valence-electron chi connectivity index (χ2n) is 5.04. The Bertz CT molecular complexity index is 438. The fraction of sp³-hybridized carbons (Fsp3) is 0.615. The van der Waals surface area contributed by atoms with Crippen molar-refractivity contribution in [2.75, 3.05) is 26.7 Å². The van der Waals surface area contributed by atoms with Crippen LogP contribution in [0.1, 0.15) is 22.5 Å². The average Bonchev–Trinajstić information content (AvgIpc) is 2.89. The topological polar surface area (TPSA) is 41.6 Å². The standard InChI is InChI=1S/C13H18N2O2S/c1-17-12-3-2-11(18-12)13(16)14-10-8-15-6-4-9(10)5-7-15/h2-3,9-10H,4-8H2,1H3,(H,14,16). The van der Waals surface area contributed by atoms with E-state index in [1.807, 2.05) is 12.1 Å². The summed E-state index contributed by atoms with van der Waals surface area (Å²) in [5.74, 6) is 0.711. The van der Waals surface area contributed by atoms with Gasteiger partial charge in [-0.05, 0) is 44.0 Å². The highest BCUT2D eigenvalue weighted by Crippen LogP contribution is 2.28. The first-order valence-corrected chi connectivity index (χ1v) is 7.25. The van der Waals surface area contributed by atoms with E-state index >= 15 is 0 Å². The van der Waals surface area contributed by atoms with Crippen LogP contribution in [0.2, 0.25) is 0 Å². The normalized spacial score (nSPS) is 30.2. The molecule has 0 aliphatic carbocycles. The minimum atomic E-state index is 0.0436. The lowest BCUT2D eigenvalue weighted by atomic mass is 9.84. The van der Waals surface area contributed by atoms with E-state index in [-0.39, 0.29) is 5.91 Å². The van der Waals surface area contributed by atoms with E-state index < -0.39 is 0 Å². The van der Waals surface area contributed by atoms with Gasteiger partial charge in [0.2, 0.25) is 0 Å². The summed E-state index contributed by atoms with van der Waals surface area (Å²) in [6, 6.07) is 4.00. The molecule has 3 aliphatic rings. The molecular weight excluding hydrogens is 248 g/mol. The molecule has 5 heteroatoms. The summed E-state index contributed by atoms with van der Waals surface area (Å²) in [4.78, 5) is 15.3. The van der Waals surface area contributed by atoms with Crippen molar-refractivity contribution in [3.8, 4) is 5.06 Å². The molecule has 1 amide bonds. The fourth-order valence-corrected chi connectivity index (χ4v) is 3.64. The first-order valence-electron chi connectivity index (χ1n) is 6.43. The molecule has 4 rings (SSSR count). The van der Waals surface area contributed by atoms with Gasteiger partial charge in [-0.3, -0.25) is 4.79 Å². The van der Waals surface area contributed by atoms with Gasteiger partial charge in [0.1, 0.15) is 0 Å². The molecule has 1 aromatic rings. The molecule has 0 spiro atoms. The lowest BCUT2D eigenvalue weighted by Gasteiger charge is -2.44. The minimum absolute atomic E-state index is 0.0436. The van der Waals surface area contributed by atoms with Gasteiger partial charge in [-0.15, -0.1) is 0 Å². The fourth-order valence-electron chi connectivity index (χ4n) is 2.92. The Morgan fingerprint density at radius 2 is 2.22 bits per heavy atom. The molecule has 1 unspecified atom stereocenters. The molecule has 3 fully saturated rings. The van der Waals surface area contributed by atoms with Crippen LogP contribution in [0.3, 0.4) is 0 Å². The molecule has 0 saturated carbocycles. The summed E-state index contributed by atoms with van der Waals surface area (Å²) in [5, 5.41) is 3.96. The summed E-state index contributed by atoms with van der Waals surface area (Å²) in [5.41, 5.74) is 0. The number of rotatable bonds is 3. The molecule has 3 aliphatic heterocycles. The van der Waals surface area contributed by atoms with Crippen LogP contribution in [0, 0.1) is 5.92 Å². The molecular formula is C13H18N2O2S. The van der Waals surface area contributed by atoms with Crippen molar-refractivity contribution in [2.45, 2.75) is 18.9 Å². The number of nitrogens with one attached hydrogen (secondary N) is 1. The van der Waals surface area contributed by atoms with Crippen molar-refractivity contribution in [3.63, 3.8) is 0 Å². The zero-order valence-corrected chi connectivity index (χ0v) is 11.3. The Morgan fingerprint density at radius 3 is 2.78 bits per heavy atom.